The smallest absolute Gasteiger partial charge is 0.152 e. The maximum Gasteiger partial charge on any atom is 0.152 e. The topological polar surface area (TPSA) is 49.4 Å². The molecule has 15 heavy (non-hydrogen) atoms. The average molecular weight is 232 g/mol. The third-order valence-electron chi connectivity index (χ3n) is 3.60. The Bertz CT molecular complexity index is 297. The van der Waals surface area contributed by atoms with Crippen LogP contribution in [-0.2, 0) is 9.84 Å². The Morgan fingerprint density at radius 2 is 1.93 bits per heavy atom. The minimum atomic E-state index is -2.72. The van der Waals surface area contributed by atoms with E-state index in [-0.39, 0.29) is 0 Å². The summed E-state index contributed by atoms with van der Waals surface area (Å²) in [4.78, 5) is 2.30. The van der Waals surface area contributed by atoms with E-state index in [2.05, 4.69) is 17.1 Å². The largest absolute Gasteiger partial charge is 0.316 e. The highest BCUT2D eigenvalue weighted by Crippen LogP contribution is 2.18. The summed E-state index contributed by atoms with van der Waals surface area (Å²) in [6.07, 6.45) is 0. The van der Waals surface area contributed by atoms with Gasteiger partial charge >= 0.3 is 0 Å². The Morgan fingerprint density at radius 3 is 2.40 bits per heavy atom. The molecule has 0 amide bonds. The molecule has 2 saturated heterocycles. The summed E-state index contributed by atoms with van der Waals surface area (Å²) >= 11 is 0. The van der Waals surface area contributed by atoms with Crippen LogP contribution in [0.1, 0.15) is 6.92 Å². The van der Waals surface area contributed by atoms with Crippen molar-refractivity contribution in [2.75, 3.05) is 44.2 Å². The molecule has 1 unspecified atom stereocenters. The van der Waals surface area contributed by atoms with Crippen molar-refractivity contribution in [2.24, 2.45) is 11.8 Å². The van der Waals surface area contributed by atoms with E-state index < -0.39 is 9.84 Å². The van der Waals surface area contributed by atoms with Crippen molar-refractivity contribution in [3.63, 3.8) is 0 Å². The molecule has 0 aromatic carbocycles. The zero-order chi connectivity index (χ0) is 10.9. The quantitative estimate of drug-likeness (QED) is 0.717. The molecular weight excluding hydrogens is 212 g/mol. The maximum absolute atomic E-state index is 11.2. The minimum Gasteiger partial charge on any atom is -0.316 e. The second-order valence-electron chi connectivity index (χ2n) is 4.85. The van der Waals surface area contributed by atoms with E-state index >= 15 is 0 Å². The van der Waals surface area contributed by atoms with Crippen LogP contribution in [-0.4, -0.2) is 57.5 Å². The molecule has 88 valence electrons. The predicted molar refractivity (Wildman–Crippen MR) is 60.6 cm³/mol. The molecule has 4 nitrogen and oxygen atoms in total. The Kier molecular flexibility index (Phi) is 3.33. The van der Waals surface area contributed by atoms with Crippen LogP contribution in [0.25, 0.3) is 0 Å². The number of hydrogen-bond donors (Lipinski definition) is 1. The molecule has 0 spiro atoms. The van der Waals surface area contributed by atoms with E-state index in [1.54, 1.807) is 0 Å². The molecule has 0 aliphatic carbocycles. The van der Waals surface area contributed by atoms with Crippen LogP contribution in [0.4, 0.5) is 0 Å². The van der Waals surface area contributed by atoms with E-state index in [0.717, 1.165) is 38.6 Å². The number of rotatable bonds is 3. The summed E-state index contributed by atoms with van der Waals surface area (Å²) in [5, 5.41) is 3.28. The van der Waals surface area contributed by atoms with Gasteiger partial charge in [0.05, 0.1) is 11.5 Å². The van der Waals surface area contributed by atoms with Crippen LogP contribution in [0.15, 0.2) is 0 Å². The molecule has 0 radical (unpaired) electrons. The Morgan fingerprint density at radius 1 is 1.33 bits per heavy atom. The van der Waals surface area contributed by atoms with Crippen LogP contribution in [0.3, 0.4) is 0 Å². The molecule has 1 atom stereocenters. The van der Waals surface area contributed by atoms with Gasteiger partial charge in [-0.1, -0.05) is 6.92 Å². The van der Waals surface area contributed by atoms with Gasteiger partial charge in [-0.3, -0.25) is 0 Å². The van der Waals surface area contributed by atoms with E-state index in [1.807, 2.05) is 0 Å². The average Bonchev–Trinajstić information content (AvgIpc) is 2.05. The number of sulfone groups is 1. The van der Waals surface area contributed by atoms with Crippen LogP contribution in [0, 0.1) is 11.8 Å². The lowest BCUT2D eigenvalue weighted by molar-refractivity contribution is 0.173. The van der Waals surface area contributed by atoms with Crippen molar-refractivity contribution in [3.8, 4) is 0 Å². The summed E-state index contributed by atoms with van der Waals surface area (Å²) < 4.78 is 22.5. The van der Waals surface area contributed by atoms with Crippen LogP contribution < -0.4 is 5.32 Å². The first-order chi connectivity index (χ1) is 7.07. The molecule has 2 rings (SSSR count). The molecule has 2 aliphatic heterocycles. The fraction of sp³-hybridized carbons (Fsp3) is 1.00. The maximum atomic E-state index is 11.2. The Hall–Kier alpha value is -0.130. The van der Waals surface area contributed by atoms with Gasteiger partial charge in [0.1, 0.15) is 0 Å². The van der Waals surface area contributed by atoms with E-state index in [4.69, 9.17) is 0 Å². The number of nitrogens with zero attached hydrogens (tertiary/aromatic N) is 1. The molecule has 0 aromatic rings. The van der Waals surface area contributed by atoms with Gasteiger partial charge < -0.3 is 10.2 Å². The first kappa shape index (κ1) is 11.4. The zero-order valence-corrected chi connectivity index (χ0v) is 10.1. The van der Waals surface area contributed by atoms with Gasteiger partial charge in [-0.25, -0.2) is 8.42 Å². The summed E-state index contributed by atoms with van der Waals surface area (Å²) in [6, 6.07) is 0. The van der Waals surface area contributed by atoms with Gasteiger partial charge in [-0.15, -0.1) is 0 Å². The summed E-state index contributed by atoms with van der Waals surface area (Å²) in [5.41, 5.74) is 0. The van der Waals surface area contributed by atoms with E-state index in [0.29, 0.717) is 17.4 Å². The van der Waals surface area contributed by atoms with Crippen LogP contribution in [0.2, 0.25) is 0 Å². The third-order valence-corrected chi connectivity index (χ3v) is 5.21. The van der Waals surface area contributed by atoms with Crippen molar-refractivity contribution >= 4 is 9.84 Å². The summed E-state index contributed by atoms with van der Waals surface area (Å²) in [5.74, 6) is 2.18. The van der Waals surface area contributed by atoms with Gasteiger partial charge in [0.2, 0.25) is 0 Å². The molecular formula is C10H20N2O2S. The second-order valence-corrected chi connectivity index (χ2v) is 7.15. The highest BCUT2D eigenvalue weighted by molar-refractivity contribution is 7.91. The van der Waals surface area contributed by atoms with Gasteiger partial charge in [0, 0.05) is 19.6 Å². The molecule has 2 aliphatic rings. The fourth-order valence-corrected chi connectivity index (χ4v) is 3.48. The highest BCUT2D eigenvalue weighted by atomic mass is 32.2. The van der Waals surface area contributed by atoms with Crippen molar-refractivity contribution in [2.45, 2.75) is 6.92 Å². The first-order valence-electron chi connectivity index (χ1n) is 5.70. The lowest BCUT2D eigenvalue weighted by atomic mass is 9.88. The number of hydrogen-bond acceptors (Lipinski definition) is 4. The second kappa shape index (κ2) is 4.39. The monoisotopic (exact) mass is 232 g/mol. The van der Waals surface area contributed by atoms with Crippen molar-refractivity contribution < 1.29 is 8.42 Å². The normalized spacial score (nSPS) is 29.7. The molecule has 5 heteroatoms. The molecule has 2 fully saturated rings. The van der Waals surface area contributed by atoms with Crippen molar-refractivity contribution in [1.82, 2.24) is 10.2 Å². The molecule has 1 N–H and O–H groups in total. The fourth-order valence-electron chi connectivity index (χ4n) is 2.20. The van der Waals surface area contributed by atoms with Crippen LogP contribution >= 0.6 is 0 Å². The van der Waals surface area contributed by atoms with Crippen molar-refractivity contribution in [1.29, 1.82) is 0 Å². The van der Waals surface area contributed by atoms with E-state index in [1.165, 1.54) is 0 Å². The van der Waals surface area contributed by atoms with Gasteiger partial charge in [0.15, 0.2) is 9.84 Å². The predicted octanol–water partition coefficient (Wildman–Crippen LogP) is -0.428. The first-order valence-corrected chi connectivity index (χ1v) is 7.52. The van der Waals surface area contributed by atoms with Crippen LogP contribution in [0.5, 0.6) is 0 Å². The van der Waals surface area contributed by atoms with Gasteiger partial charge in [-0.2, -0.15) is 0 Å². The summed E-state index contributed by atoms with van der Waals surface area (Å²) in [7, 11) is -2.72. The molecule has 0 saturated carbocycles. The standard InChI is InChI=1S/C10H20N2O2S/c1-9(10-6-11-7-10)8-12-2-4-15(13,14)5-3-12/h9-11H,2-8H2,1H3. The Balaban J connectivity index is 1.76. The van der Waals surface area contributed by atoms with Gasteiger partial charge in [0.25, 0.3) is 0 Å². The van der Waals surface area contributed by atoms with Crippen molar-refractivity contribution in [3.05, 3.63) is 0 Å². The highest BCUT2D eigenvalue weighted by Gasteiger charge is 2.27. The van der Waals surface area contributed by atoms with Gasteiger partial charge in [-0.05, 0) is 24.9 Å². The zero-order valence-electron chi connectivity index (χ0n) is 9.28. The SMILES string of the molecule is CC(CN1CCS(=O)(=O)CC1)C1CNC1. The Labute approximate surface area is 91.9 Å². The third kappa shape index (κ3) is 2.92. The lowest BCUT2D eigenvalue weighted by Gasteiger charge is -2.36. The lowest BCUT2D eigenvalue weighted by Crippen LogP contribution is -2.50. The number of nitrogens with one attached hydrogen (secondary N) is 1. The minimum absolute atomic E-state index is 0.350. The summed E-state index contributed by atoms with van der Waals surface area (Å²) in [6.45, 7) is 7.05. The van der Waals surface area contributed by atoms with E-state index in [9.17, 15) is 8.42 Å². The molecule has 2 heterocycles. The molecule has 0 aromatic heterocycles. The molecule has 0 bridgehead atoms.